The van der Waals surface area contributed by atoms with Crippen molar-refractivity contribution >= 4 is 23.2 Å². The van der Waals surface area contributed by atoms with E-state index in [2.05, 4.69) is 4.90 Å². The number of anilines is 1. The number of carbonyl (C=O) groups is 1. The Balaban J connectivity index is 2.07. The van der Waals surface area contributed by atoms with Gasteiger partial charge in [-0.25, -0.2) is 0 Å². The smallest absolute Gasteiger partial charge is 0.256 e. The molecule has 0 spiro atoms. The molecule has 1 heterocycles. The van der Waals surface area contributed by atoms with Crippen LogP contribution in [0.3, 0.4) is 0 Å². The summed E-state index contributed by atoms with van der Waals surface area (Å²) in [5.74, 6) is -0.0733. The van der Waals surface area contributed by atoms with Gasteiger partial charge in [0.1, 0.15) is 0 Å². The summed E-state index contributed by atoms with van der Waals surface area (Å²) >= 11 is 5.96. The van der Waals surface area contributed by atoms with E-state index >= 15 is 0 Å². The molecule has 0 aromatic heterocycles. The fourth-order valence-corrected chi connectivity index (χ4v) is 2.61. The van der Waals surface area contributed by atoms with E-state index in [1.54, 1.807) is 23.1 Å². The molecule has 110 valence electrons. The van der Waals surface area contributed by atoms with Crippen LogP contribution in [0, 0.1) is 0 Å². The minimum absolute atomic E-state index is 0.0733. The van der Waals surface area contributed by atoms with Crippen molar-refractivity contribution in [2.75, 3.05) is 45.1 Å². The summed E-state index contributed by atoms with van der Waals surface area (Å²) in [6.07, 6.45) is 0.895. The monoisotopic (exact) mass is 297 g/mol. The molecule has 1 aromatic carbocycles. The van der Waals surface area contributed by atoms with Gasteiger partial charge in [0.05, 0.1) is 22.9 Å². The van der Waals surface area contributed by atoms with Crippen molar-refractivity contribution in [1.82, 2.24) is 9.80 Å². The highest BCUT2D eigenvalue weighted by atomic mass is 35.5. The Labute approximate surface area is 123 Å². The summed E-state index contributed by atoms with van der Waals surface area (Å²) in [5.41, 5.74) is 6.69. The predicted molar refractivity (Wildman–Crippen MR) is 79.9 cm³/mol. The number of amides is 1. The van der Waals surface area contributed by atoms with E-state index in [1.165, 1.54) is 0 Å². The maximum Gasteiger partial charge on any atom is 0.256 e. The SMILES string of the molecule is Nc1c(Cl)cccc1C(=O)N1CCCN(CCO)CC1. The van der Waals surface area contributed by atoms with Crippen LogP contribution in [-0.4, -0.2) is 60.1 Å². The lowest BCUT2D eigenvalue weighted by Crippen LogP contribution is -2.36. The van der Waals surface area contributed by atoms with Crippen molar-refractivity contribution in [3.05, 3.63) is 28.8 Å². The van der Waals surface area contributed by atoms with Crippen LogP contribution in [0.1, 0.15) is 16.8 Å². The highest BCUT2D eigenvalue weighted by molar-refractivity contribution is 6.33. The molecule has 1 saturated heterocycles. The molecule has 1 aliphatic heterocycles. The number of halogens is 1. The highest BCUT2D eigenvalue weighted by Gasteiger charge is 2.22. The van der Waals surface area contributed by atoms with Crippen LogP contribution in [0.5, 0.6) is 0 Å². The number of rotatable bonds is 3. The molecule has 0 atom stereocenters. The molecule has 1 aromatic rings. The third kappa shape index (κ3) is 3.42. The van der Waals surface area contributed by atoms with Gasteiger partial charge < -0.3 is 15.7 Å². The van der Waals surface area contributed by atoms with Gasteiger partial charge in [0.2, 0.25) is 0 Å². The number of nitrogens with two attached hydrogens (primary N) is 1. The normalized spacial score (nSPS) is 17.0. The maximum atomic E-state index is 12.5. The van der Waals surface area contributed by atoms with Crippen molar-refractivity contribution in [3.63, 3.8) is 0 Å². The number of nitrogen functional groups attached to an aromatic ring is 1. The van der Waals surface area contributed by atoms with Gasteiger partial charge in [0, 0.05) is 26.2 Å². The maximum absolute atomic E-state index is 12.5. The molecule has 0 radical (unpaired) electrons. The number of aliphatic hydroxyl groups excluding tert-OH is 1. The second-order valence-electron chi connectivity index (χ2n) is 4.91. The van der Waals surface area contributed by atoms with Gasteiger partial charge in [-0.2, -0.15) is 0 Å². The number of benzene rings is 1. The largest absolute Gasteiger partial charge is 0.397 e. The second-order valence-corrected chi connectivity index (χ2v) is 5.32. The zero-order valence-corrected chi connectivity index (χ0v) is 12.1. The first-order valence-electron chi connectivity index (χ1n) is 6.80. The predicted octanol–water partition coefficient (Wildman–Crippen LogP) is 1.06. The Morgan fingerprint density at radius 2 is 2.10 bits per heavy atom. The zero-order chi connectivity index (χ0) is 14.5. The lowest BCUT2D eigenvalue weighted by atomic mass is 10.1. The molecule has 6 heteroatoms. The van der Waals surface area contributed by atoms with Crippen LogP contribution in [0.15, 0.2) is 18.2 Å². The van der Waals surface area contributed by atoms with Crippen LogP contribution < -0.4 is 5.73 Å². The first kappa shape index (κ1) is 15.1. The molecule has 1 aliphatic rings. The number of β-amino-alcohol motifs (C(OH)–C–C–N with tert-alkyl or cyclic N) is 1. The molecule has 3 N–H and O–H groups in total. The van der Waals surface area contributed by atoms with Crippen LogP contribution in [-0.2, 0) is 0 Å². The molecule has 2 rings (SSSR count). The number of para-hydroxylation sites is 1. The Kier molecular flexibility index (Phi) is 5.23. The summed E-state index contributed by atoms with van der Waals surface area (Å²) < 4.78 is 0. The molecule has 1 amide bonds. The van der Waals surface area contributed by atoms with E-state index in [9.17, 15) is 4.79 Å². The van der Waals surface area contributed by atoms with Gasteiger partial charge >= 0.3 is 0 Å². The quantitative estimate of drug-likeness (QED) is 0.819. The van der Waals surface area contributed by atoms with E-state index in [4.69, 9.17) is 22.4 Å². The van der Waals surface area contributed by atoms with Crippen molar-refractivity contribution in [1.29, 1.82) is 0 Å². The van der Waals surface area contributed by atoms with Gasteiger partial charge in [-0.15, -0.1) is 0 Å². The summed E-state index contributed by atoms with van der Waals surface area (Å²) in [4.78, 5) is 16.5. The third-order valence-electron chi connectivity index (χ3n) is 3.58. The molecular weight excluding hydrogens is 278 g/mol. The van der Waals surface area contributed by atoms with Crippen molar-refractivity contribution in [2.24, 2.45) is 0 Å². The molecule has 0 bridgehead atoms. The third-order valence-corrected chi connectivity index (χ3v) is 3.90. The second kappa shape index (κ2) is 6.92. The average molecular weight is 298 g/mol. The van der Waals surface area contributed by atoms with Crippen molar-refractivity contribution < 1.29 is 9.90 Å². The molecule has 0 saturated carbocycles. The highest BCUT2D eigenvalue weighted by Crippen LogP contribution is 2.24. The van der Waals surface area contributed by atoms with Gasteiger partial charge in [-0.1, -0.05) is 17.7 Å². The number of aliphatic hydroxyl groups is 1. The summed E-state index contributed by atoms with van der Waals surface area (Å²) in [5, 5.41) is 9.39. The first-order valence-corrected chi connectivity index (χ1v) is 7.17. The lowest BCUT2D eigenvalue weighted by molar-refractivity contribution is 0.0761. The van der Waals surface area contributed by atoms with Crippen LogP contribution >= 0.6 is 11.6 Å². The van der Waals surface area contributed by atoms with Crippen LogP contribution in [0.4, 0.5) is 5.69 Å². The van der Waals surface area contributed by atoms with E-state index in [-0.39, 0.29) is 12.5 Å². The Morgan fingerprint density at radius 1 is 1.30 bits per heavy atom. The lowest BCUT2D eigenvalue weighted by Gasteiger charge is -2.22. The first-order chi connectivity index (χ1) is 9.63. The average Bonchev–Trinajstić information content (AvgIpc) is 2.67. The number of carbonyl (C=O) groups excluding carboxylic acids is 1. The van der Waals surface area contributed by atoms with Gasteiger partial charge in [-0.3, -0.25) is 9.69 Å². The van der Waals surface area contributed by atoms with Crippen LogP contribution in [0.25, 0.3) is 0 Å². The van der Waals surface area contributed by atoms with Crippen molar-refractivity contribution in [2.45, 2.75) is 6.42 Å². The number of hydrogen-bond donors (Lipinski definition) is 2. The molecular formula is C14H20ClN3O2. The molecule has 5 nitrogen and oxygen atoms in total. The minimum Gasteiger partial charge on any atom is -0.397 e. The van der Waals surface area contributed by atoms with Crippen LogP contribution in [0.2, 0.25) is 5.02 Å². The zero-order valence-electron chi connectivity index (χ0n) is 11.4. The number of nitrogens with zero attached hydrogens (tertiary/aromatic N) is 2. The molecule has 20 heavy (non-hydrogen) atoms. The Morgan fingerprint density at radius 3 is 2.85 bits per heavy atom. The Bertz CT molecular complexity index is 481. The van der Waals surface area contributed by atoms with Gasteiger partial charge in [-0.05, 0) is 25.1 Å². The van der Waals surface area contributed by atoms with E-state index in [0.29, 0.717) is 35.9 Å². The summed E-state index contributed by atoms with van der Waals surface area (Å²) in [6.45, 7) is 3.82. The molecule has 0 aliphatic carbocycles. The standard InChI is InChI=1S/C14H20ClN3O2/c15-12-4-1-3-11(13(12)16)14(20)18-6-2-5-17(7-8-18)9-10-19/h1,3-4,19H,2,5-10,16H2. The van der Waals surface area contributed by atoms with Gasteiger partial charge in [0.15, 0.2) is 0 Å². The summed E-state index contributed by atoms with van der Waals surface area (Å²) in [7, 11) is 0. The minimum atomic E-state index is -0.0733. The number of hydrogen-bond acceptors (Lipinski definition) is 4. The molecule has 1 fully saturated rings. The Hall–Kier alpha value is -1.30. The molecule has 0 unspecified atom stereocenters. The van der Waals surface area contributed by atoms with Crippen molar-refractivity contribution in [3.8, 4) is 0 Å². The van der Waals surface area contributed by atoms with E-state index in [0.717, 1.165) is 19.5 Å². The fraction of sp³-hybridized carbons (Fsp3) is 0.500. The fourth-order valence-electron chi connectivity index (χ4n) is 2.43. The summed E-state index contributed by atoms with van der Waals surface area (Å²) in [6, 6.07) is 5.13. The van der Waals surface area contributed by atoms with E-state index < -0.39 is 0 Å². The van der Waals surface area contributed by atoms with Gasteiger partial charge in [0.25, 0.3) is 5.91 Å². The topological polar surface area (TPSA) is 69.8 Å². The van der Waals surface area contributed by atoms with E-state index in [1.807, 2.05) is 0 Å².